The monoisotopic (exact) mass is 252 g/mol. The first-order valence-electron chi connectivity index (χ1n) is 5.78. The summed E-state index contributed by atoms with van der Waals surface area (Å²) in [6.45, 7) is 1.35. The minimum Gasteiger partial charge on any atom is -0.383 e. The number of hydrogen-bond donors (Lipinski definition) is 2. The van der Waals surface area contributed by atoms with E-state index in [0.717, 1.165) is 11.5 Å². The van der Waals surface area contributed by atoms with Crippen LogP contribution < -0.4 is 15.5 Å². The summed E-state index contributed by atoms with van der Waals surface area (Å²) in [5.41, 5.74) is 0.941. The summed E-state index contributed by atoms with van der Waals surface area (Å²) in [6.07, 6.45) is 1.71. The van der Waals surface area contributed by atoms with Crippen LogP contribution >= 0.6 is 0 Å². The highest BCUT2D eigenvalue weighted by atomic mass is 16.5. The summed E-state index contributed by atoms with van der Waals surface area (Å²) < 4.78 is 4.87. The van der Waals surface area contributed by atoms with Gasteiger partial charge in [0.05, 0.1) is 13.2 Å². The van der Waals surface area contributed by atoms with Crippen LogP contribution in [0, 0.1) is 0 Å². The number of ether oxygens (including phenoxy) is 1. The maximum Gasteiger partial charge on any atom is 0.239 e. The molecule has 100 valence electrons. The Labute approximate surface area is 107 Å². The van der Waals surface area contributed by atoms with E-state index in [1.165, 1.54) is 0 Å². The zero-order valence-electron chi connectivity index (χ0n) is 11.1. The largest absolute Gasteiger partial charge is 0.383 e. The van der Waals surface area contributed by atoms with Gasteiger partial charge < -0.3 is 20.3 Å². The second-order valence-electron chi connectivity index (χ2n) is 3.85. The lowest BCUT2D eigenvalue weighted by Crippen LogP contribution is -2.36. The number of aromatic nitrogens is 1. The number of methoxy groups -OCH3 is 1. The lowest BCUT2D eigenvalue weighted by Gasteiger charge is -2.19. The zero-order chi connectivity index (χ0) is 13.4. The van der Waals surface area contributed by atoms with Crippen molar-refractivity contribution in [1.82, 2.24) is 10.3 Å². The number of hydrogen-bond acceptors (Lipinski definition) is 5. The van der Waals surface area contributed by atoms with Crippen LogP contribution in [0.5, 0.6) is 0 Å². The van der Waals surface area contributed by atoms with Gasteiger partial charge >= 0.3 is 0 Å². The van der Waals surface area contributed by atoms with Crippen LogP contribution in [0.4, 0.5) is 11.5 Å². The molecule has 0 aliphatic heterocycles. The Bertz CT molecular complexity index is 384. The van der Waals surface area contributed by atoms with Gasteiger partial charge in [-0.15, -0.1) is 0 Å². The van der Waals surface area contributed by atoms with E-state index < -0.39 is 0 Å². The molecule has 0 saturated carbocycles. The number of carbonyl (C=O) groups excluding carboxylic acids is 1. The van der Waals surface area contributed by atoms with Crippen LogP contribution in [0.2, 0.25) is 0 Å². The molecule has 1 heterocycles. The predicted octanol–water partition coefficient (Wildman–Crippen LogP) is 0.322. The van der Waals surface area contributed by atoms with Crippen LogP contribution in [0.3, 0.4) is 0 Å². The normalized spacial score (nSPS) is 9.94. The molecule has 1 aromatic rings. The van der Waals surface area contributed by atoms with Gasteiger partial charge in [-0.25, -0.2) is 4.98 Å². The molecule has 6 nitrogen and oxygen atoms in total. The summed E-state index contributed by atoms with van der Waals surface area (Å²) in [5.74, 6) is 0.747. The third kappa shape index (κ3) is 4.58. The molecule has 0 unspecified atom stereocenters. The summed E-state index contributed by atoms with van der Waals surface area (Å²) in [7, 11) is 5.28. The number of nitrogens with zero attached hydrogens (tertiary/aromatic N) is 2. The fourth-order valence-electron chi connectivity index (χ4n) is 1.45. The molecule has 0 bridgehead atoms. The van der Waals surface area contributed by atoms with Crippen LogP contribution in [-0.2, 0) is 9.53 Å². The van der Waals surface area contributed by atoms with E-state index in [1.54, 1.807) is 13.3 Å². The number of likely N-dealkylation sites (N-methyl/N-ethyl adjacent to an activating group) is 1. The molecule has 0 aliphatic rings. The van der Waals surface area contributed by atoms with Gasteiger partial charge in [0.15, 0.2) is 0 Å². The minimum absolute atomic E-state index is 0.0302. The number of nitrogens with one attached hydrogen (secondary N) is 2. The zero-order valence-corrected chi connectivity index (χ0v) is 11.1. The Morgan fingerprint density at radius 3 is 3.00 bits per heavy atom. The summed E-state index contributed by atoms with van der Waals surface area (Å²) >= 11 is 0. The van der Waals surface area contributed by atoms with E-state index in [0.29, 0.717) is 19.7 Å². The highest BCUT2D eigenvalue weighted by Crippen LogP contribution is 2.14. The highest BCUT2D eigenvalue weighted by molar-refractivity contribution is 5.81. The molecule has 0 spiro atoms. The van der Waals surface area contributed by atoms with Crippen LogP contribution in [-0.4, -0.2) is 51.8 Å². The van der Waals surface area contributed by atoms with Gasteiger partial charge in [-0.3, -0.25) is 4.79 Å². The average Bonchev–Trinajstić information content (AvgIpc) is 2.39. The number of amides is 1. The Balaban J connectivity index is 2.48. The third-order valence-electron chi connectivity index (χ3n) is 2.45. The SMILES string of the molecule is CNc1cc(N(C)CC(=O)NCCOC)ccn1. The van der Waals surface area contributed by atoms with Crippen LogP contribution in [0.15, 0.2) is 18.3 Å². The Hall–Kier alpha value is -1.82. The first-order chi connectivity index (χ1) is 8.67. The van der Waals surface area contributed by atoms with Crippen molar-refractivity contribution in [3.05, 3.63) is 18.3 Å². The standard InChI is InChI=1S/C12H20N4O2/c1-13-11-8-10(4-5-14-11)16(2)9-12(17)15-6-7-18-3/h4-5,8H,6-7,9H2,1-3H3,(H,13,14)(H,15,17). The van der Waals surface area contributed by atoms with Crippen molar-refractivity contribution in [3.63, 3.8) is 0 Å². The lowest BCUT2D eigenvalue weighted by molar-refractivity contribution is -0.119. The van der Waals surface area contributed by atoms with Crippen molar-refractivity contribution < 1.29 is 9.53 Å². The average molecular weight is 252 g/mol. The fraction of sp³-hybridized carbons (Fsp3) is 0.500. The van der Waals surface area contributed by atoms with E-state index in [4.69, 9.17) is 4.74 Å². The smallest absolute Gasteiger partial charge is 0.239 e. The molecule has 0 radical (unpaired) electrons. The molecule has 1 amide bonds. The summed E-state index contributed by atoms with van der Waals surface area (Å²) in [6, 6.07) is 3.76. The quantitative estimate of drug-likeness (QED) is 0.684. The number of pyridine rings is 1. The molecule has 2 N–H and O–H groups in total. The number of carbonyl (C=O) groups is 1. The molecule has 0 atom stereocenters. The maximum atomic E-state index is 11.6. The molecule has 0 aromatic carbocycles. The molecule has 6 heteroatoms. The second-order valence-corrected chi connectivity index (χ2v) is 3.85. The van der Waals surface area contributed by atoms with Gasteiger partial charge in [0, 0.05) is 45.7 Å². The predicted molar refractivity (Wildman–Crippen MR) is 71.9 cm³/mol. The van der Waals surface area contributed by atoms with E-state index in [1.807, 2.05) is 31.1 Å². The molecular formula is C12H20N4O2. The Morgan fingerprint density at radius 1 is 1.56 bits per heavy atom. The Kier molecular flexibility index (Phi) is 5.93. The Morgan fingerprint density at radius 2 is 2.33 bits per heavy atom. The van der Waals surface area contributed by atoms with Crippen molar-refractivity contribution in [1.29, 1.82) is 0 Å². The van der Waals surface area contributed by atoms with Crippen molar-refractivity contribution in [2.24, 2.45) is 0 Å². The van der Waals surface area contributed by atoms with Gasteiger partial charge in [-0.1, -0.05) is 0 Å². The van der Waals surface area contributed by atoms with Crippen molar-refractivity contribution in [3.8, 4) is 0 Å². The fourth-order valence-corrected chi connectivity index (χ4v) is 1.45. The second kappa shape index (κ2) is 7.50. The maximum absolute atomic E-state index is 11.6. The van der Waals surface area contributed by atoms with E-state index in [2.05, 4.69) is 15.6 Å². The van der Waals surface area contributed by atoms with E-state index in [9.17, 15) is 4.79 Å². The van der Waals surface area contributed by atoms with Gasteiger partial charge in [0.1, 0.15) is 5.82 Å². The van der Waals surface area contributed by atoms with Gasteiger partial charge in [0.25, 0.3) is 0 Å². The van der Waals surface area contributed by atoms with Crippen molar-refractivity contribution >= 4 is 17.4 Å². The molecule has 1 aromatic heterocycles. The molecule has 0 saturated heterocycles. The van der Waals surface area contributed by atoms with Crippen molar-refractivity contribution in [2.45, 2.75) is 0 Å². The van der Waals surface area contributed by atoms with Gasteiger partial charge in [0.2, 0.25) is 5.91 Å². The third-order valence-corrected chi connectivity index (χ3v) is 2.45. The molecule has 1 rings (SSSR count). The van der Waals surface area contributed by atoms with Crippen molar-refractivity contribution in [2.75, 3.05) is 51.1 Å². The first-order valence-corrected chi connectivity index (χ1v) is 5.78. The summed E-state index contributed by atoms with van der Waals surface area (Å²) in [4.78, 5) is 17.6. The molecule has 18 heavy (non-hydrogen) atoms. The van der Waals surface area contributed by atoms with Gasteiger partial charge in [-0.05, 0) is 6.07 Å². The topological polar surface area (TPSA) is 66.5 Å². The minimum atomic E-state index is -0.0302. The number of rotatable bonds is 7. The van der Waals surface area contributed by atoms with E-state index in [-0.39, 0.29) is 5.91 Å². The lowest BCUT2D eigenvalue weighted by atomic mass is 10.3. The summed E-state index contributed by atoms with van der Waals surface area (Å²) in [5, 5.41) is 5.74. The van der Waals surface area contributed by atoms with Gasteiger partial charge in [-0.2, -0.15) is 0 Å². The molecular weight excluding hydrogens is 232 g/mol. The molecule has 0 aliphatic carbocycles. The number of anilines is 2. The van der Waals surface area contributed by atoms with Crippen LogP contribution in [0.25, 0.3) is 0 Å². The first kappa shape index (κ1) is 14.2. The van der Waals surface area contributed by atoms with E-state index >= 15 is 0 Å². The highest BCUT2D eigenvalue weighted by Gasteiger charge is 2.07. The van der Waals surface area contributed by atoms with Crippen LogP contribution in [0.1, 0.15) is 0 Å². The molecule has 0 fully saturated rings.